The van der Waals surface area contributed by atoms with Gasteiger partial charge in [-0.1, -0.05) is 12.8 Å². The van der Waals surface area contributed by atoms with Crippen molar-refractivity contribution in [1.82, 2.24) is 4.90 Å². The number of furan rings is 1. The molecule has 3 nitrogen and oxygen atoms in total. The molecule has 0 aliphatic heterocycles. The first-order chi connectivity index (χ1) is 7.27. The molecule has 0 saturated heterocycles. The lowest BCUT2D eigenvalue weighted by molar-refractivity contribution is 0.391. The zero-order valence-corrected chi connectivity index (χ0v) is 9.20. The van der Waals surface area contributed by atoms with Crippen molar-refractivity contribution < 1.29 is 4.42 Å². The molecule has 1 aromatic rings. The highest BCUT2D eigenvalue weighted by Gasteiger charge is 2.22. The summed E-state index contributed by atoms with van der Waals surface area (Å²) < 4.78 is 5.28. The molecule has 1 saturated carbocycles. The molecule has 0 unspecified atom stereocenters. The Hall–Kier alpha value is -1.25. The Labute approximate surface area is 90.6 Å². The van der Waals surface area contributed by atoms with Gasteiger partial charge in [0, 0.05) is 13.0 Å². The molecule has 0 atom stereocenters. The number of hydrogen-bond acceptors (Lipinski definition) is 2. The standard InChI is InChI=1S/C12H18N2O/c1-14(9-11-7-4-8-15-11)12(13)10-5-2-3-6-10/h4,7-8,10,13H,2-3,5-6,9H2,1H3. The van der Waals surface area contributed by atoms with Gasteiger partial charge in [0.05, 0.1) is 18.6 Å². The maximum absolute atomic E-state index is 8.08. The number of rotatable bonds is 3. The van der Waals surface area contributed by atoms with Crippen LogP contribution in [0.15, 0.2) is 22.8 Å². The van der Waals surface area contributed by atoms with E-state index in [1.807, 2.05) is 24.1 Å². The zero-order chi connectivity index (χ0) is 10.7. The molecule has 1 aromatic heterocycles. The second-order valence-corrected chi connectivity index (χ2v) is 4.30. The lowest BCUT2D eigenvalue weighted by Crippen LogP contribution is -2.30. The minimum absolute atomic E-state index is 0.477. The lowest BCUT2D eigenvalue weighted by Gasteiger charge is -2.22. The smallest absolute Gasteiger partial charge is 0.123 e. The topological polar surface area (TPSA) is 40.2 Å². The average molecular weight is 206 g/mol. The van der Waals surface area contributed by atoms with Crippen molar-refractivity contribution in [2.24, 2.45) is 5.92 Å². The Balaban J connectivity index is 1.89. The van der Waals surface area contributed by atoms with Gasteiger partial charge in [0.25, 0.3) is 0 Å². The molecule has 0 bridgehead atoms. The Morgan fingerprint density at radius 1 is 1.53 bits per heavy atom. The average Bonchev–Trinajstić information content (AvgIpc) is 2.88. The zero-order valence-electron chi connectivity index (χ0n) is 9.20. The van der Waals surface area contributed by atoms with Crippen LogP contribution in [0.3, 0.4) is 0 Å². The van der Waals surface area contributed by atoms with Gasteiger partial charge in [0.2, 0.25) is 0 Å². The summed E-state index contributed by atoms with van der Waals surface area (Å²) in [5.41, 5.74) is 0. The van der Waals surface area contributed by atoms with Crippen LogP contribution in [0, 0.1) is 11.3 Å². The van der Waals surface area contributed by atoms with Crippen LogP contribution in [0.2, 0.25) is 0 Å². The van der Waals surface area contributed by atoms with Gasteiger partial charge in [0.1, 0.15) is 5.76 Å². The predicted molar refractivity (Wildman–Crippen MR) is 59.9 cm³/mol. The molecular formula is C12H18N2O. The summed E-state index contributed by atoms with van der Waals surface area (Å²) in [7, 11) is 1.98. The van der Waals surface area contributed by atoms with Crippen molar-refractivity contribution in [2.75, 3.05) is 7.05 Å². The SMILES string of the molecule is CN(Cc1ccco1)C(=N)C1CCCC1. The van der Waals surface area contributed by atoms with Crippen LogP contribution in [-0.2, 0) is 6.54 Å². The molecule has 1 aliphatic carbocycles. The second-order valence-electron chi connectivity index (χ2n) is 4.30. The van der Waals surface area contributed by atoms with Crippen LogP contribution >= 0.6 is 0 Å². The quantitative estimate of drug-likeness (QED) is 0.610. The first-order valence-electron chi connectivity index (χ1n) is 5.59. The summed E-state index contributed by atoms with van der Waals surface area (Å²) in [6, 6.07) is 3.85. The fourth-order valence-electron chi connectivity index (χ4n) is 2.23. The van der Waals surface area contributed by atoms with E-state index < -0.39 is 0 Å². The Bertz CT molecular complexity index is 312. The highest BCUT2D eigenvalue weighted by molar-refractivity contribution is 5.81. The molecule has 82 valence electrons. The minimum atomic E-state index is 0.477. The molecule has 0 amide bonds. The van der Waals surface area contributed by atoms with Gasteiger partial charge in [0.15, 0.2) is 0 Å². The molecule has 2 rings (SSSR count). The summed E-state index contributed by atoms with van der Waals surface area (Å²) in [5, 5.41) is 8.08. The van der Waals surface area contributed by atoms with E-state index in [1.54, 1.807) is 6.26 Å². The third-order valence-electron chi connectivity index (χ3n) is 3.13. The maximum atomic E-state index is 8.08. The van der Waals surface area contributed by atoms with E-state index in [0.29, 0.717) is 12.5 Å². The van der Waals surface area contributed by atoms with E-state index in [2.05, 4.69) is 0 Å². The highest BCUT2D eigenvalue weighted by atomic mass is 16.3. The third-order valence-corrected chi connectivity index (χ3v) is 3.13. The van der Waals surface area contributed by atoms with Gasteiger partial charge in [-0.3, -0.25) is 5.41 Å². The molecule has 1 fully saturated rings. The Morgan fingerprint density at radius 2 is 2.27 bits per heavy atom. The maximum Gasteiger partial charge on any atom is 0.123 e. The van der Waals surface area contributed by atoms with Crippen LogP contribution < -0.4 is 0 Å². The van der Waals surface area contributed by atoms with E-state index in [-0.39, 0.29) is 0 Å². The number of amidine groups is 1. The van der Waals surface area contributed by atoms with E-state index in [4.69, 9.17) is 9.83 Å². The van der Waals surface area contributed by atoms with Gasteiger partial charge in [-0.2, -0.15) is 0 Å². The third kappa shape index (κ3) is 2.41. The van der Waals surface area contributed by atoms with Crippen molar-refractivity contribution in [2.45, 2.75) is 32.2 Å². The highest BCUT2D eigenvalue weighted by Crippen LogP contribution is 2.26. The molecule has 1 N–H and O–H groups in total. The molecule has 0 radical (unpaired) electrons. The molecule has 0 spiro atoms. The van der Waals surface area contributed by atoms with Crippen molar-refractivity contribution in [3.05, 3.63) is 24.2 Å². The van der Waals surface area contributed by atoms with Gasteiger partial charge in [-0.25, -0.2) is 0 Å². The van der Waals surface area contributed by atoms with E-state index in [9.17, 15) is 0 Å². The Morgan fingerprint density at radius 3 is 2.87 bits per heavy atom. The number of nitrogens with one attached hydrogen (secondary N) is 1. The monoisotopic (exact) mass is 206 g/mol. The van der Waals surface area contributed by atoms with Gasteiger partial charge in [-0.05, 0) is 25.0 Å². The molecule has 3 heteroatoms. The van der Waals surface area contributed by atoms with Crippen molar-refractivity contribution in [1.29, 1.82) is 5.41 Å². The number of nitrogens with zero attached hydrogens (tertiary/aromatic N) is 1. The first-order valence-corrected chi connectivity index (χ1v) is 5.59. The molecular weight excluding hydrogens is 188 g/mol. The minimum Gasteiger partial charge on any atom is -0.467 e. The second kappa shape index (κ2) is 4.51. The van der Waals surface area contributed by atoms with Gasteiger partial charge < -0.3 is 9.32 Å². The summed E-state index contributed by atoms with van der Waals surface area (Å²) in [6.45, 7) is 0.711. The van der Waals surface area contributed by atoms with Crippen molar-refractivity contribution in [3.8, 4) is 0 Å². The summed E-state index contributed by atoms with van der Waals surface area (Å²) in [6.07, 6.45) is 6.61. The lowest BCUT2D eigenvalue weighted by atomic mass is 10.1. The van der Waals surface area contributed by atoms with Crippen LogP contribution in [0.1, 0.15) is 31.4 Å². The molecule has 1 aliphatic rings. The van der Waals surface area contributed by atoms with Crippen LogP contribution in [0.4, 0.5) is 0 Å². The van der Waals surface area contributed by atoms with Crippen molar-refractivity contribution >= 4 is 5.84 Å². The van der Waals surface area contributed by atoms with E-state index >= 15 is 0 Å². The Kier molecular flexibility index (Phi) is 3.09. The summed E-state index contributed by atoms with van der Waals surface area (Å²) in [5.74, 6) is 2.18. The fourth-order valence-corrected chi connectivity index (χ4v) is 2.23. The van der Waals surface area contributed by atoms with Crippen LogP contribution in [0.25, 0.3) is 0 Å². The van der Waals surface area contributed by atoms with Crippen molar-refractivity contribution in [3.63, 3.8) is 0 Å². The molecule has 15 heavy (non-hydrogen) atoms. The van der Waals surface area contributed by atoms with Crippen LogP contribution in [-0.4, -0.2) is 17.8 Å². The van der Waals surface area contributed by atoms with Crippen LogP contribution in [0.5, 0.6) is 0 Å². The van der Waals surface area contributed by atoms with Gasteiger partial charge >= 0.3 is 0 Å². The predicted octanol–water partition coefficient (Wildman–Crippen LogP) is 2.88. The summed E-state index contributed by atoms with van der Waals surface area (Å²) in [4.78, 5) is 1.99. The van der Waals surface area contributed by atoms with Gasteiger partial charge in [-0.15, -0.1) is 0 Å². The van der Waals surface area contributed by atoms with E-state index in [1.165, 1.54) is 25.7 Å². The molecule has 1 heterocycles. The normalized spacial score (nSPS) is 16.9. The first kappa shape index (κ1) is 10.3. The fraction of sp³-hybridized carbons (Fsp3) is 0.583. The summed E-state index contributed by atoms with van der Waals surface area (Å²) >= 11 is 0. The molecule has 0 aromatic carbocycles. The van der Waals surface area contributed by atoms with E-state index in [0.717, 1.165) is 11.6 Å². The largest absolute Gasteiger partial charge is 0.467 e. The number of hydrogen-bond donors (Lipinski definition) is 1.